The molecule has 0 unspecified atom stereocenters. The van der Waals surface area contributed by atoms with Gasteiger partial charge in [-0.1, -0.05) is 6.07 Å². The normalized spacial score (nSPS) is 14.1. The highest BCUT2D eigenvalue weighted by atomic mass is 16.5. The van der Waals surface area contributed by atoms with Gasteiger partial charge in [0.2, 0.25) is 0 Å². The van der Waals surface area contributed by atoms with Crippen LogP contribution in [0.5, 0.6) is 5.75 Å². The van der Waals surface area contributed by atoms with Crippen LogP contribution in [0.15, 0.2) is 48.7 Å². The average Bonchev–Trinajstić information content (AvgIpc) is 3.52. The number of amides is 1. The van der Waals surface area contributed by atoms with Crippen LogP contribution in [0.25, 0.3) is 10.9 Å². The average molecular weight is 390 g/mol. The molecule has 1 aromatic heterocycles. The minimum absolute atomic E-state index is 0.172. The maximum atomic E-state index is 12.7. The number of carbonyl (C=O) groups excluding carboxylic acids is 1. The van der Waals surface area contributed by atoms with Crippen LogP contribution in [-0.4, -0.2) is 22.6 Å². The van der Waals surface area contributed by atoms with Gasteiger partial charge in [-0.2, -0.15) is 0 Å². The number of fused-ring (bicyclic) bond motifs is 1. The topological polar surface area (TPSA) is 71.5 Å². The van der Waals surface area contributed by atoms with Crippen LogP contribution < -0.4 is 10.1 Å². The SMILES string of the molecule is Cc1c(NC(=O)c2ccc(OCC3CC3)cc2)ccc2cc(C(C)(C)O)cnc12. The first kappa shape index (κ1) is 19.4. The number of hydrogen-bond donors (Lipinski definition) is 2. The predicted octanol–water partition coefficient (Wildman–Crippen LogP) is 4.81. The van der Waals surface area contributed by atoms with Crippen LogP contribution in [0.1, 0.15) is 48.2 Å². The van der Waals surface area contributed by atoms with E-state index in [1.807, 2.05) is 37.3 Å². The molecule has 0 atom stereocenters. The molecular formula is C24H26N2O3. The maximum absolute atomic E-state index is 12.7. The van der Waals surface area contributed by atoms with Gasteiger partial charge in [0.25, 0.3) is 5.91 Å². The zero-order valence-electron chi connectivity index (χ0n) is 17.0. The van der Waals surface area contributed by atoms with Gasteiger partial charge in [0, 0.05) is 28.4 Å². The molecule has 5 nitrogen and oxygen atoms in total. The second-order valence-electron chi connectivity index (χ2n) is 8.33. The lowest BCUT2D eigenvalue weighted by Gasteiger charge is -2.18. The zero-order valence-corrected chi connectivity index (χ0v) is 17.0. The zero-order chi connectivity index (χ0) is 20.6. The minimum Gasteiger partial charge on any atom is -0.493 e. The van der Waals surface area contributed by atoms with Crippen molar-refractivity contribution in [1.29, 1.82) is 0 Å². The lowest BCUT2D eigenvalue weighted by molar-refractivity contribution is 0.0784. The number of carbonyl (C=O) groups is 1. The standard InChI is InChI=1S/C24H26N2O3/c1-15-21(11-8-18-12-19(24(2,3)28)13-25-22(15)18)26-23(27)17-6-9-20(10-7-17)29-14-16-4-5-16/h6-13,16,28H,4-5,14H2,1-3H3,(H,26,27). The molecule has 4 rings (SSSR count). The van der Waals surface area contributed by atoms with Gasteiger partial charge in [-0.15, -0.1) is 0 Å². The Balaban J connectivity index is 1.50. The van der Waals surface area contributed by atoms with E-state index in [1.165, 1.54) is 12.8 Å². The van der Waals surface area contributed by atoms with E-state index in [2.05, 4.69) is 10.3 Å². The Hall–Kier alpha value is -2.92. The van der Waals surface area contributed by atoms with Crippen molar-refractivity contribution in [3.8, 4) is 5.75 Å². The highest BCUT2D eigenvalue weighted by Crippen LogP contribution is 2.30. The number of pyridine rings is 1. The summed E-state index contributed by atoms with van der Waals surface area (Å²) in [5.41, 5.74) is 2.80. The molecule has 1 heterocycles. The molecule has 150 valence electrons. The van der Waals surface area contributed by atoms with Gasteiger partial charge in [0.15, 0.2) is 0 Å². The molecule has 29 heavy (non-hydrogen) atoms. The minimum atomic E-state index is -0.948. The summed E-state index contributed by atoms with van der Waals surface area (Å²) in [6.45, 7) is 6.16. The number of benzene rings is 2. The number of nitrogens with one attached hydrogen (secondary N) is 1. The van der Waals surface area contributed by atoms with E-state index in [9.17, 15) is 9.90 Å². The molecule has 0 spiro atoms. The summed E-state index contributed by atoms with van der Waals surface area (Å²) in [4.78, 5) is 17.2. The molecule has 5 heteroatoms. The Kier molecular flexibility index (Phi) is 5.01. The van der Waals surface area contributed by atoms with E-state index < -0.39 is 5.60 Å². The predicted molar refractivity (Wildman–Crippen MR) is 114 cm³/mol. The number of ether oxygens (including phenoxy) is 1. The van der Waals surface area contributed by atoms with Crippen molar-refractivity contribution < 1.29 is 14.6 Å². The number of aromatic nitrogens is 1. The molecular weight excluding hydrogens is 364 g/mol. The molecule has 0 bridgehead atoms. The van der Waals surface area contributed by atoms with Crippen LogP contribution in [0.4, 0.5) is 5.69 Å². The monoisotopic (exact) mass is 390 g/mol. The Morgan fingerprint density at radius 2 is 1.93 bits per heavy atom. The van der Waals surface area contributed by atoms with E-state index >= 15 is 0 Å². The summed E-state index contributed by atoms with van der Waals surface area (Å²) in [6, 6.07) is 13.0. The fraction of sp³-hybridized carbons (Fsp3) is 0.333. The Bertz CT molecular complexity index is 1050. The van der Waals surface area contributed by atoms with Gasteiger partial charge in [0.1, 0.15) is 5.75 Å². The summed E-state index contributed by atoms with van der Waals surface area (Å²) in [7, 11) is 0. The third kappa shape index (κ3) is 4.40. The first-order valence-electron chi connectivity index (χ1n) is 9.98. The van der Waals surface area contributed by atoms with Crippen LogP contribution in [-0.2, 0) is 5.60 Å². The van der Waals surface area contributed by atoms with Gasteiger partial charge >= 0.3 is 0 Å². The van der Waals surface area contributed by atoms with Gasteiger partial charge in [0.05, 0.1) is 17.7 Å². The first-order valence-corrected chi connectivity index (χ1v) is 9.98. The summed E-state index contributed by atoms with van der Waals surface area (Å²) < 4.78 is 5.73. The van der Waals surface area contributed by atoms with E-state index in [1.54, 1.807) is 32.2 Å². The van der Waals surface area contributed by atoms with Crippen molar-refractivity contribution in [2.24, 2.45) is 5.92 Å². The van der Waals surface area contributed by atoms with E-state index in [4.69, 9.17) is 4.74 Å². The Morgan fingerprint density at radius 3 is 2.59 bits per heavy atom. The molecule has 0 radical (unpaired) electrons. The van der Waals surface area contributed by atoms with Gasteiger partial charge in [-0.25, -0.2) is 0 Å². The number of anilines is 1. The fourth-order valence-corrected chi connectivity index (χ4v) is 3.21. The quantitative estimate of drug-likeness (QED) is 0.633. The van der Waals surface area contributed by atoms with Crippen molar-refractivity contribution in [2.75, 3.05) is 11.9 Å². The Morgan fingerprint density at radius 1 is 1.21 bits per heavy atom. The number of aliphatic hydroxyl groups is 1. The molecule has 0 saturated heterocycles. The lowest BCUT2D eigenvalue weighted by atomic mass is 9.98. The van der Waals surface area contributed by atoms with E-state index in [0.717, 1.165) is 40.1 Å². The van der Waals surface area contributed by atoms with Crippen molar-refractivity contribution in [3.05, 3.63) is 65.4 Å². The van der Waals surface area contributed by atoms with Crippen LogP contribution in [0.2, 0.25) is 0 Å². The van der Waals surface area contributed by atoms with Crippen LogP contribution in [0.3, 0.4) is 0 Å². The molecule has 2 aromatic carbocycles. The number of rotatable bonds is 6. The smallest absolute Gasteiger partial charge is 0.255 e. The summed E-state index contributed by atoms with van der Waals surface area (Å²) in [5, 5.41) is 14.1. The maximum Gasteiger partial charge on any atom is 0.255 e. The summed E-state index contributed by atoms with van der Waals surface area (Å²) >= 11 is 0. The molecule has 3 aromatic rings. The lowest BCUT2D eigenvalue weighted by Crippen LogP contribution is -2.16. The van der Waals surface area contributed by atoms with Gasteiger partial charge in [-0.05, 0) is 81.5 Å². The number of hydrogen-bond acceptors (Lipinski definition) is 4. The van der Waals surface area contributed by atoms with Gasteiger partial charge in [-0.3, -0.25) is 9.78 Å². The number of aryl methyl sites for hydroxylation is 1. The second kappa shape index (κ2) is 7.48. The van der Waals surface area contributed by atoms with Crippen molar-refractivity contribution in [1.82, 2.24) is 4.98 Å². The molecule has 1 fully saturated rings. The molecule has 0 aliphatic heterocycles. The second-order valence-corrected chi connectivity index (χ2v) is 8.33. The van der Waals surface area contributed by atoms with E-state index in [0.29, 0.717) is 11.5 Å². The van der Waals surface area contributed by atoms with Crippen molar-refractivity contribution in [2.45, 2.75) is 39.2 Å². The summed E-state index contributed by atoms with van der Waals surface area (Å²) in [5.74, 6) is 1.32. The molecule has 1 aliphatic rings. The number of nitrogens with zero attached hydrogens (tertiary/aromatic N) is 1. The van der Waals surface area contributed by atoms with Crippen molar-refractivity contribution in [3.63, 3.8) is 0 Å². The molecule has 1 saturated carbocycles. The van der Waals surface area contributed by atoms with Gasteiger partial charge < -0.3 is 15.2 Å². The van der Waals surface area contributed by atoms with Crippen LogP contribution >= 0.6 is 0 Å². The molecule has 1 aliphatic carbocycles. The first-order chi connectivity index (χ1) is 13.8. The fourth-order valence-electron chi connectivity index (χ4n) is 3.21. The third-order valence-corrected chi connectivity index (χ3v) is 5.36. The highest BCUT2D eigenvalue weighted by molar-refractivity contribution is 6.06. The third-order valence-electron chi connectivity index (χ3n) is 5.36. The molecule has 1 amide bonds. The van der Waals surface area contributed by atoms with E-state index in [-0.39, 0.29) is 5.91 Å². The highest BCUT2D eigenvalue weighted by Gasteiger charge is 2.22. The summed E-state index contributed by atoms with van der Waals surface area (Å²) in [6.07, 6.45) is 4.18. The van der Waals surface area contributed by atoms with Crippen molar-refractivity contribution >= 4 is 22.5 Å². The molecule has 2 N–H and O–H groups in total. The Labute approximate surface area is 170 Å². The van der Waals surface area contributed by atoms with Crippen LogP contribution in [0, 0.1) is 12.8 Å². The largest absolute Gasteiger partial charge is 0.493 e.